The fourth-order valence-corrected chi connectivity index (χ4v) is 15.3. The summed E-state index contributed by atoms with van der Waals surface area (Å²) in [6.45, 7) is 33.6. The van der Waals surface area contributed by atoms with E-state index >= 15 is 0 Å². The van der Waals surface area contributed by atoms with Gasteiger partial charge in [-0.15, -0.1) is 0 Å². The van der Waals surface area contributed by atoms with Crippen LogP contribution in [-0.2, 0) is 0 Å². The summed E-state index contributed by atoms with van der Waals surface area (Å²) in [6.07, 6.45) is 0. The van der Waals surface area contributed by atoms with Crippen molar-refractivity contribution in [2.24, 2.45) is 0 Å². The maximum absolute atomic E-state index is 5.91. The summed E-state index contributed by atoms with van der Waals surface area (Å²) in [4.78, 5) is 0. The predicted octanol–water partition coefficient (Wildman–Crippen LogP) is 32.1. The number of para-hydroxylation sites is 5. The molecule has 6 heterocycles. The van der Waals surface area contributed by atoms with Gasteiger partial charge in [0.15, 0.2) is 0 Å². The second-order valence-corrected chi connectivity index (χ2v) is 31.0. The second-order valence-electron chi connectivity index (χ2n) is 31.0. The lowest BCUT2D eigenvalue weighted by Gasteiger charge is -1.99. The first-order valence-electron chi connectivity index (χ1n) is 39.3. The lowest BCUT2D eigenvalue weighted by atomic mass is 10.1. The molecule has 16 aromatic carbocycles. The normalized spacial score (nSPS) is 11.2. The van der Waals surface area contributed by atoms with Crippen LogP contribution in [0, 0.1) is 111 Å². The number of hydrogen-bond acceptors (Lipinski definition) is 6. The van der Waals surface area contributed by atoms with Crippen molar-refractivity contribution >= 4 is 153 Å². The van der Waals surface area contributed by atoms with E-state index in [1.165, 1.54) is 175 Å². The third kappa shape index (κ3) is 16.3. The van der Waals surface area contributed by atoms with Crippen LogP contribution in [0.5, 0.6) is 0 Å². The quantitative estimate of drug-likeness (QED) is 0.151. The monoisotopic (exact) mass is 1490 g/mol. The molecule has 564 valence electrons. The Labute approximate surface area is 666 Å². The molecule has 0 spiro atoms. The zero-order chi connectivity index (χ0) is 79.6. The highest BCUT2D eigenvalue weighted by Gasteiger charge is 2.15. The van der Waals surface area contributed by atoms with Gasteiger partial charge in [0.05, 0.1) is 0 Å². The summed E-state index contributed by atoms with van der Waals surface area (Å²) in [5.41, 5.74) is 32.0. The van der Waals surface area contributed by atoms with E-state index in [9.17, 15) is 0 Å². The second kappa shape index (κ2) is 32.6. The van der Waals surface area contributed by atoms with E-state index in [1.54, 1.807) is 0 Å². The Hall–Kier alpha value is -13.2. The van der Waals surface area contributed by atoms with Crippen LogP contribution in [0.4, 0.5) is 0 Å². The SMILES string of the molecule is Cc1ccc2c(c1)oc1c(C)cccc12.Cc1ccc2c(c1)oc1cc(C)ccc12.Cc1ccc2c(c1)oc1ccc(C)cc12.Cc1ccc2cc(C)ccc2c1.Cc1ccc2ccc(C)cc2c1.Cc1ccc2oc3c(C)cccc3c2c1.Cc1cccc2c1oc1c(C)cccc12.Cc1cccc2c1oc1cccc(C)c12. The van der Waals surface area contributed by atoms with Crippen molar-refractivity contribution in [3.8, 4) is 0 Å². The average Bonchev–Trinajstić information content (AvgIpc) is 2.25. The zero-order valence-electron chi connectivity index (χ0n) is 68.2. The van der Waals surface area contributed by atoms with Crippen molar-refractivity contribution in [3.63, 3.8) is 0 Å². The van der Waals surface area contributed by atoms with Gasteiger partial charge in [0.25, 0.3) is 0 Å². The first kappa shape index (κ1) is 76.2. The van der Waals surface area contributed by atoms with Crippen molar-refractivity contribution in [1.29, 1.82) is 0 Å². The van der Waals surface area contributed by atoms with Crippen molar-refractivity contribution < 1.29 is 26.5 Å². The number of furan rings is 6. The fraction of sp³-hybridized carbons (Fsp3) is 0.148. The van der Waals surface area contributed by atoms with E-state index < -0.39 is 0 Å². The van der Waals surface area contributed by atoms with Crippen molar-refractivity contribution in [3.05, 3.63) is 380 Å². The van der Waals surface area contributed by atoms with Crippen LogP contribution in [0.3, 0.4) is 0 Å². The summed E-state index contributed by atoms with van der Waals surface area (Å²) in [7, 11) is 0. The average molecular weight is 1490 g/mol. The minimum Gasteiger partial charge on any atom is -0.456 e. The summed E-state index contributed by atoms with van der Waals surface area (Å²) in [5.74, 6) is 0. The molecule has 0 fully saturated rings. The van der Waals surface area contributed by atoms with E-state index in [0.29, 0.717) is 0 Å². The number of aryl methyl sites for hydroxylation is 16. The van der Waals surface area contributed by atoms with Crippen LogP contribution in [0.25, 0.3) is 153 Å². The Morgan fingerprint density at radius 2 is 0.395 bits per heavy atom. The Kier molecular flexibility index (Phi) is 21.8. The summed E-state index contributed by atoms with van der Waals surface area (Å²) < 4.78 is 35.1. The largest absolute Gasteiger partial charge is 0.456 e. The van der Waals surface area contributed by atoms with Crippen molar-refractivity contribution in [2.75, 3.05) is 0 Å². The summed E-state index contributed by atoms with van der Waals surface area (Å²) in [6, 6.07) is 102. The lowest BCUT2D eigenvalue weighted by molar-refractivity contribution is 0.662. The molecule has 0 aliphatic carbocycles. The Morgan fingerprint density at radius 1 is 0.140 bits per heavy atom. The van der Waals surface area contributed by atoms with E-state index in [4.69, 9.17) is 26.5 Å². The van der Waals surface area contributed by atoms with Gasteiger partial charge in [-0.2, -0.15) is 0 Å². The standard InChI is InChI=1S/6C14H12O.2C12H12/c1-9-5-4-8-12-13(9)11-7-3-6-10(2)14(11)15-12;1-9-4-6-13-12(7-9)11-5-3-10(2)8-14(11)15-13;1-9-3-5-11-12-6-4-10(2)8-14(12)15-13(11)7-9;1-9-5-3-7-11-12-8-4-6-10(2)14(12)15-13(9)11;1-9-6-7-11-12-5-3-4-10(2)14(12)15-13(11)8-9;1-9-6-7-13-12(8-9)11-5-3-4-10(2)14(11)15-13;1-9-3-5-12-8-10(2)4-6-11(12)7-9;1-9-3-5-11-6-4-10(2)8-12(11)7-9/h6*3-8H,1-2H3;2*3-8H,1-2H3. The zero-order valence-corrected chi connectivity index (χ0v) is 68.2. The van der Waals surface area contributed by atoms with Gasteiger partial charge in [-0.05, 0) is 243 Å². The highest BCUT2D eigenvalue weighted by atomic mass is 16.3. The van der Waals surface area contributed by atoms with Gasteiger partial charge in [-0.25, -0.2) is 0 Å². The molecule has 0 N–H and O–H groups in total. The Bertz CT molecular complexity index is 7060. The first-order valence-corrected chi connectivity index (χ1v) is 39.3. The maximum atomic E-state index is 5.91. The predicted molar refractivity (Wildman–Crippen MR) is 486 cm³/mol. The molecule has 22 rings (SSSR count). The molecule has 0 saturated carbocycles. The summed E-state index contributed by atoms with van der Waals surface area (Å²) >= 11 is 0. The number of rotatable bonds is 0. The topological polar surface area (TPSA) is 78.8 Å². The van der Waals surface area contributed by atoms with Gasteiger partial charge < -0.3 is 26.5 Å². The van der Waals surface area contributed by atoms with E-state index in [-0.39, 0.29) is 0 Å². The first-order chi connectivity index (χ1) is 55.0. The molecule has 6 nitrogen and oxygen atoms in total. The minimum atomic E-state index is 0.973. The van der Waals surface area contributed by atoms with E-state index in [2.05, 4.69) is 378 Å². The molecule has 0 saturated heterocycles. The molecule has 0 atom stereocenters. The van der Waals surface area contributed by atoms with Gasteiger partial charge in [-0.3, -0.25) is 0 Å². The van der Waals surface area contributed by atoms with Crippen molar-refractivity contribution in [2.45, 2.75) is 111 Å². The van der Waals surface area contributed by atoms with Crippen LogP contribution in [0.1, 0.15) is 89.0 Å². The number of hydrogen-bond donors (Lipinski definition) is 0. The third-order valence-corrected chi connectivity index (χ3v) is 21.4. The molecule has 0 radical (unpaired) electrons. The van der Waals surface area contributed by atoms with E-state index in [0.717, 1.165) is 67.0 Å². The smallest absolute Gasteiger partial charge is 0.138 e. The van der Waals surface area contributed by atoms with Gasteiger partial charge in [0, 0.05) is 64.6 Å². The van der Waals surface area contributed by atoms with Crippen LogP contribution < -0.4 is 0 Å². The molecule has 22 aromatic rings. The van der Waals surface area contributed by atoms with Gasteiger partial charge in [-0.1, -0.05) is 270 Å². The molecule has 0 unspecified atom stereocenters. The molecule has 0 bridgehead atoms. The number of benzene rings is 16. The maximum Gasteiger partial charge on any atom is 0.138 e. The number of fused-ring (bicyclic) bond motifs is 20. The Morgan fingerprint density at radius 3 is 0.833 bits per heavy atom. The summed E-state index contributed by atoms with van der Waals surface area (Å²) in [5, 5.41) is 19.9. The Balaban J connectivity index is 0.000000103. The molecule has 6 heteroatoms. The molecular weight excluding hydrogens is 1390 g/mol. The highest BCUT2D eigenvalue weighted by molar-refractivity contribution is 6.11. The molecule has 0 aliphatic rings. The van der Waals surface area contributed by atoms with Crippen LogP contribution in [0.2, 0.25) is 0 Å². The van der Waals surface area contributed by atoms with Gasteiger partial charge in [0.2, 0.25) is 0 Å². The van der Waals surface area contributed by atoms with Crippen molar-refractivity contribution in [1.82, 2.24) is 0 Å². The molecule has 0 aliphatic heterocycles. The molecule has 6 aromatic heterocycles. The lowest BCUT2D eigenvalue weighted by Crippen LogP contribution is -1.76. The highest BCUT2D eigenvalue weighted by Crippen LogP contribution is 2.38. The molecular formula is C108H96O6. The van der Waals surface area contributed by atoms with Crippen LogP contribution in [-0.4, -0.2) is 0 Å². The van der Waals surface area contributed by atoms with E-state index in [1.807, 2.05) is 24.3 Å². The van der Waals surface area contributed by atoms with Crippen LogP contribution in [0.15, 0.2) is 318 Å². The molecule has 114 heavy (non-hydrogen) atoms. The van der Waals surface area contributed by atoms with Crippen LogP contribution >= 0.6 is 0 Å². The fourth-order valence-electron chi connectivity index (χ4n) is 15.3. The van der Waals surface area contributed by atoms with Gasteiger partial charge in [0.1, 0.15) is 67.0 Å². The third-order valence-electron chi connectivity index (χ3n) is 21.4. The van der Waals surface area contributed by atoms with Gasteiger partial charge >= 0.3 is 0 Å². The molecule has 0 amide bonds. The minimum absolute atomic E-state index is 0.973.